The molecule has 1 heterocycles. The van der Waals surface area contributed by atoms with E-state index >= 15 is 0 Å². The van der Waals surface area contributed by atoms with Gasteiger partial charge in [0, 0.05) is 17.7 Å². The normalized spacial score (nSPS) is 10.6. The molecule has 0 unspecified atom stereocenters. The number of benzene rings is 2. The van der Waals surface area contributed by atoms with Gasteiger partial charge in [0.05, 0.1) is 35.5 Å². The lowest BCUT2D eigenvalue weighted by Crippen LogP contribution is -2.05. The van der Waals surface area contributed by atoms with Gasteiger partial charge in [-0.1, -0.05) is 0 Å². The number of ether oxygens (including phenoxy) is 5. The van der Waals surface area contributed by atoms with Gasteiger partial charge in [-0.15, -0.1) is 0 Å². The highest BCUT2D eigenvalue weighted by atomic mass is 17.1. The van der Waals surface area contributed by atoms with Gasteiger partial charge >= 0.3 is 0 Å². The average Bonchev–Trinajstić information content (AvgIpc) is 2.76. The van der Waals surface area contributed by atoms with E-state index in [-0.39, 0.29) is 50.9 Å². The van der Waals surface area contributed by atoms with Crippen molar-refractivity contribution < 1.29 is 38.2 Å². The molecule has 3 aromatic rings. The Labute approximate surface area is 165 Å². The standard InChI is InChI=1S/C20H20O9/c1-23-14-6-10(7-16(29-22)18(14)25-3)12-8-11(21)17-13(28-12)9-15(24-2)19(26-4)20(17)27-5/h6-9,22H,1-5H3. The van der Waals surface area contributed by atoms with E-state index in [0.29, 0.717) is 11.3 Å². The van der Waals surface area contributed by atoms with Gasteiger partial charge < -0.3 is 33.0 Å². The second-order valence-corrected chi connectivity index (χ2v) is 5.79. The number of rotatable bonds is 7. The molecule has 0 fully saturated rings. The van der Waals surface area contributed by atoms with Crippen LogP contribution in [0, 0.1) is 0 Å². The molecule has 154 valence electrons. The summed E-state index contributed by atoms with van der Waals surface area (Å²) >= 11 is 0. The lowest BCUT2D eigenvalue weighted by molar-refractivity contribution is -0.139. The molecule has 9 nitrogen and oxygen atoms in total. The molecule has 0 amide bonds. The van der Waals surface area contributed by atoms with Crippen molar-refractivity contribution in [1.82, 2.24) is 0 Å². The molecule has 1 N–H and O–H groups in total. The zero-order valence-corrected chi connectivity index (χ0v) is 16.5. The third-order valence-corrected chi connectivity index (χ3v) is 4.35. The van der Waals surface area contributed by atoms with Crippen LogP contribution in [0.2, 0.25) is 0 Å². The van der Waals surface area contributed by atoms with Gasteiger partial charge in [-0.25, -0.2) is 5.26 Å². The number of methoxy groups -OCH3 is 5. The van der Waals surface area contributed by atoms with E-state index in [0.717, 1.165) is 0 Å². The maximum absolute atomic E-state index is 12.9. The Bertz CT molecular complexity index is 1080. The minimum absolute atomic E-state index is 0.00510. The minimum Gasteiger partial charge on any atom is -0.493 e. The summed E-state index contributed by atoms with van der Waals surface area (Å²) in [6.07, 6.45) is 0. The van der Waals surface area contributed by atoms with E-state index in [9.17, 15) is 10.1 Å². The summed E-state index contributed by atoms with van der Waals surface area (Å²) in [5.41, 5.74) is 0.281. The van der Waals surface area contributed by atoms with Crippen LogP contribution >= 0.6 is 0 Å². The van der Waals surface area contributed by atoms with Crippen molar-refractivity contribution >= 4 is 11.0 Å². The molecule has 1 aromatic heterocycles. The van der Waals surface area contributed by atoms with Crippen LogP contribution in [0.3, 0.4) is 0 Å². The second-order valence-electron chi connectivity index (χ2n) is 5.79. The summed E-state index contributed by atoms with van der Waals surface area (Å²) in [6, 6.07) is 5.86. The molecular formula is C20H20O9. The molecule has 0 aliphatic heterocycles. The van der Waals surface area contributed by atoms with Gasteiger partial charge in [0.1, 0.15) is 16.7 Å². The number of fused-ring (bicyclic) bond motifs is 1. The Balaban J connectivity index is 2.32. The van der Waals surface area contributed by atoms with E-state index in [1.165, 1.54) is 53.7 Å². The van der Waals surface area contributed by atoms with E-state index in [1.807, 2.05) is 0 Å². The molecule has 29 heavy (non-hydrogen) atoms. The van der Waals surface area contributed by atoms with Crippen LogP contribution in [0.1, 0.15) is 0 Å². The van der Waals surface area contributed by atoms with Crippen molar-refractivity contribution in [3.05, 3.63) is 34.5 Å². The quantitative estimate of drug-likeness (QED) is 0.469. The first-order valence-electron chi connectivity index (χ1n) is 8.37. The fraction of sp³-hybridized carbons (Fsp3) is 0.250. The molecule has 0 radical (unpaired) electrons. The molecule has 3 rings (SSSR count). The molecule has 0 saturated heterocycles. The van der Waals surface area contributed by atoms with Crippen molar-refractivity contribution in [2.75, 3.05) is 35.5 Å². The summed E-state index contributed by atoms with van der Waals surface area (Å²) in [6.45, 7) is 0. The van der Waals surface area contributed by atoms with E-state index in [2.05, 4.69) is 4.89 Å². The zero-order chi connectivity index (χ0) is 21.1. The highest BCUT2D eigenvalue weighted by Crippen LogP contribution is 2.44. The highest BCUT2D eigenvalue weighted by molar-refractivity contribution is 5.90. The van der Waals surface area contributed by atoms with Crippen LogP contribution in [-0.2, 0) is 0 Å². The first-order valence-corrected chi connectivity index (χ1v) is 8.37. The van der Waals surface area contributed by atoms with Crippen molar-refractivity contribution in [2.24, 2.45) is 0 Å². The predicted octanol–water partition coefficient (Wildman–Crippen LogP) is 3.35. The Hall–Kier alpha value is -3.59. The van der Waals surface area contributed by atoms with Crippen molar-refractivity contribution in [3.8, 4) is 45.8 Å². The second kappa shape index (κ2) is 8.19. The predicted molar refractivity (Wildman–Crippen MR) is 104 cm³/mol. The summed E-state index contributed by atoms with van der Waals surface area (Å²) in [5, 5.41) is 9.39. The Morgan fingerprint density at radius 1 is 0.724 bits per heavy atom. The lowest BCUT2D eigenvalue weighted by Gasteiger charge is -2.15. The summed E-state index contributed by atoms with van der Waals surface area (Å²) < 4.78 is 32.4. The van der Waals surface area contributed by atoms with Crippen LogP contribution in [0.15, 0.2) is 33.5 Å². The van der Waals surface area contributed by atoms with Crippen molar-refractivity contribution in [2.45, 2.75) is 0 Å². The van der Waals surface area contributed by atoms with Gasteiger partial charge in [-0.05, 0) is 12.1 Å². The fourth-order valence-electron chi connectivity index (χ4n) is 3.07. The number of hydrogen-bond donors (Lipinski definition) is 1. The topological polar surface area (TPSA) is 106 Å². The van der Waals surface area contributed by atoms with Crippen LogP contribution in [-0.4, -0.2) is 40.8 Å². The highest BCUT2D eigenvalue weighted by Gasteiger charge is 2.22. The average molecular weight is 404 g/mol. The monoisotopic (exact) mass is 404 g/mol. The molecule has 0 saturated carbocycles. The van der Waals surface area contributed by atoms with Gasteiger partial charge in [-0.2, -0.15) is 0 Å². The third-order valence-electron chi connectivity index (χ3n) is 4.35. The van der Waals surface area contributed by atoms with Gasteiger partial charge in [-0.3, -0.25) is 4.79 Å². The molecule has 0 bridgehead atoms. The van der Waals surface area contributed by atoms with Crippen molar-refractivity contribution in [3.63, 3.8) is 0 Å². The SMILES string of the molecule is COc1cc(-c2cc(=O)c3c(OC)c(OC)c(OC)cc3o2)cc(OO)c1OC. The molecule has 0 aliphatic carbocycles. The summed E-state index contributed by atoms with van der Waals surface area (Å²) in [7, 11) is 7.17. The maximum atomic E-state index is 12.9. The van der Waals surface area contributed by atoms with Gasteiger partial charge in [0.2, 0.25) is 17.2 Å². The summed E-state index contributed by atoms with van der Waals surface area (Å²) in [4.78, 5) is 17.3. The minimum atomic E-state index is -0.361. The van der Waals surface area contributed by atoms with E-state index < -0.39 is 0 Å². The molecule has 0 aliphatic rings. The molecule has 2 aromatic carbocycles. The van der Waals surface area contributed by atoms with Crippen LogP contribution in [0.4, 0.5) is 0 Å². The zero-order valence-electron chi connectivity index (χ0n) is 16.5. The van der Waals surface area contributed by atoms with Gasteiger partial charge in [0.25, 0.3) is 0 Å². The smallest absolute Gasteiger partial charge is 0.211 e. The first-order chi connectivity index (χ1) is 14.0. The molecule has 0 spiro atoms. The van der Waals surface area contributed by atoms with Crippen LogP contribution in [0.25, 0.3) is 22.3 Å². The molecule has 0 atom stereocenters. The molecular weight excluding hydrogens is 384 g/mol. The maximum Gasteiger partial charge on any atom is 0.211 e. The first kappa shape index (κ1) is 20.2. The van der Waals surface area contributed by atoms with Gasteiger partial charge in [0.15, 0.2) is 22.7 Å². The summed E-state index contributed by atoms with van der Waals surface area (Å²) in [5.74, 6) is 1.49. The fourth-order valence-corrected chi connectivity index (χ4v) is 3.07. The Kier molecular flexibility index (Phi) is 5.69. The van der Waals surface area contributed by atoms with E-state index in [4.69, 9.17) is 28.1 Å². The Morgan fingerprint density at radius 3 is 1.86 bits per heavy atom. The van der Waals surface area contributed by atoms with Crippen LogP contribution < -0.4 is 34.0 Å². The number of hydrogen-bond acceptors (Lipinski definition) is 9. The van der Waals surface area contributed by atoms with Crippen molar-refractivity contribution in [1.29, 1.82) is 0 Å². The Morgan fingerprint density at radius 2 is 1.31 bits per heavy atom. The van der Waals surface area contributed by atoms with Crippen LogP contribution in [0.5, 0.6) is 34.5 Å². The largest absolute Gasteiger partial charge is 0.493 e. The molecule has 9 heteroatoms. The third kappa shape index (κ3) is 3.36. The lowest BCUT2D eigenvalue weighted by atomic mass is 10.1. The van der Waals surface area contributed by atoms with E-state index in [1.54, 1.807) is 6.07 Å².